The number of pyridine rings is 1. The maximum Gasteiger partial charge on any atom is 0.0629 e. The van der Waals surface area contributed by atoms with Gasteiger partial charge in [-0.05, 0) is 53.5 Å². The number of hydrogen-bond donors (Lipinski definition) is 1. The summed E-state index contributed by atoms with van der Waals surface area (Å²) >= 11 is 0. The minimum Gasteiger partial charge on any atom is -0.370 e. The highest BCUT2D eigenvalue weighted by molar-refractivity contribution is 5.82. The fourth-order valence-corrected chi connectivity index (χ4v) is 4.39. The Labute approximate surface area is 204 Å². The molecule has 0 saturated carbocycles. The van der Waals surface area contributed by atoms with E-state index in [0.29, 0.717) is 0 Å². The van der Waals surface area contributed by atoms with Gasteiger partial charge in [0.2, 0.25) is 0 Å². The molecular formula is C30H36N4. The van der Waals surface area contributed by atoms with Gasteiger partial charge in [-0.3, -0.25) is 9.88 Å². The van der Waals surface area contributed by atoms with Gasteiger partial charge in [0.1, 0.15) is 0 Å². The number of allylic oxidation sites excluding steroid dienone is 3. The van der Waals surface area contributed by atoms with Crippen molar-refractivity contribution in [2.24, 2.45) is 0 Å². The van der Waals surface area contributed by atoms with Gasteiger partial charge in [0.05, 0.1) is 5.69 Å². The average molecular weight is 453 g/mol. The van der Waals surface area contributed by atoms with Crippen molar-refractivity contribution in [3.8, 4) is 0 Å². The Morgan fingerprint density at radius 3 is 2.62 bits per heavy atom. The third-order valence-electron chi connectivity index (χ3n) is 6.30. The summed E-state index contributed by atoms with van der Waals surface area (Å²) in [5, 5.41) is 6.18. The van der Waals surface area contributed by atoms with E-state index in [1.165, 1.54) is 27.6 Å². The van der Waals surface area contributed by atoms with Crippen LogP contribution in [0.3, 0.4) is 0 Å². The Bertz CT molecular complexity index is 1130. The molecule has 4 heteroatoms. The summed E-state index contributed by atoms with van der Waals surface area (Å²) in [5.74, 6) is 0. The van der Waals surface area contributed by atoms with Gasteiger partial charge in [-0.25, -0.2) is 0 Å². The van der Waals surface area contributed by atoms with Crippen LogP contribution in [0.1, 0.15) is 30.2 Å². The van der Waals surface area contributed by atoms with Crippen molar-refractivity contribution in [1.82, 2.24) is 20.1 Å². The lowest BCUT2D eigenvalue weighted by molar-refractivity contribution is 0.227. The van der Waals surface area contributed by atoms with Crippen LogP contribution in [0.25, 0.3) is 16.8 Å². The Morgan fingerprint density at radius 2 is 1.79 bits per heavy atom. The highest BCUT2D eigenvalue weighted by atomic mass is 15.2. The molecule has 1 aliphatic heterocycles. The molecule has 0 bridgehead atoms. The zero-order valence-corrected chi connectivity index (χ0v) is 20.3. The van der Waals surface area contributed by atoms with Gasteiger partial charge >= 0.3 is 0 Å². The number of aromatic nitrogens is 1. The number of fused-ring (bicyclic) bond motifs is 1. The first-order chi connectivity index (χ1) is 16.7. The van der Waals surface area contributed by atoms with E-state index in [2.05, 4.69) is 81.3 Å². The van der Waals surface area contributed by atoms with Crippen LogP contribution >= 0.6 is 0 Å². The number of rotatable bonds is 6. The molecule has 2 heterocycles. The molecule has 1 N–H and O–H groups in total. The SMILES string of the molecule is C=C1CNCCN(Cc2ccc(/C=C\C=C/C)nc2)CCCN1Cc1ccc2ccccc2c1. The Kier molecular flexibility index (Phi) is 8.66. The standard InChI is InChI=1S/C30H36N4/c1-3-4-5-11-30-15-13-27(22-32-30)23-33-17-8-18-34(25(2)21-31-16-19-33)24-26-12-14-28-9-6-7-10-29(28)20-26/h3-7,9-15,20,22,31H,2,8,16-19,21,23-24H2,1H3/b4-3-,11-5-. The van der Waals surface area contributed by atoms with Crippen molar-refractivity contribution in [2.45, 2.75) is 26.4 Å². The first-order valence-corrected chi connectivity index (χ1v) is 12.3. The van der Waals surface area contributed by atoms with Crippen LogP contribution in [0.4, 0.5) is 0 Å². The molecule has 176 valence electrons. The Morgan fingerprint density at radius 1 is 0.941 bits per heavy atom. The van der Waals surface area contributed by atoms with E-state index in [-0.39, 0.29) is 0 Å². The average Bonchev–Trinajstić information content (AvgIpc) is 2.86. The molecule has 1 fully saturated rings. The van der Waals surface area contributed by atoms with Crippen molar-refractivity contribution < 1.29 is 0 Å². The van der Waals surface area contributed by atoms with Gasteiger partial charge in [-0.1, -0.05) is 67.3 Å². The molecule has 0 spiro atoms. The third-order valence-corrected chi connectivity index (χ3v) is 6.30. The van der Waals surface area contributed by atoms with E-state index in [4.69, 9.17) is 0 Å². The van der Waals surface area contributed by atoms with E-state index < -0.39 is 0 Å². The quantitative estimate of drug-likeness (QED) is 0.491. The molecular weight excluding hydrogens is 416 g/mol. The Hall–Kier alpha value is -3.21. The summed E-state index contributed by atoms with van der Waals surface area (Å²) < 4.78 is 0. The van der Waals surface area contributed by atoms with Crippen LogP contribution in [0.5, 0.6) is 0 Å². The molecule has 1 aromatic heterocycles. The maximum atomic E-state index is 4.60. The zero-order chi connectivity index (χ0) is 23.6. The normalized spacial score (nSPS) is 16.6. The van der Waals surface area contributed by atoms with Gasteiger partial charge in [0, 0.05) is 57.7 Å². The Balaban J connectivity index is 1.35. The molecule has 4 nitrogen and oxygen atoms in total. The molecule has 2 aromatic carbocycles. The summed E-state index contributed by atoms with van der Waals surface area (Å²) in [6.07, 6.45) is 11.2. The van der Waals surface area contributed by atoms with Crippen molar-refractivity contribution in [3.63, 3.8) is 0 Å². The van der Waals surface area contributed by atoms with Gasteiger partial charge in [-0.2, -0.15) is 0 Å². The molecule has 34 heavy (non-hydrogen) atoms. The predicted molar refractivity (Wildman–Crippen MR) is 144 cm³/mol. The molecule has 1 saturated heterocycles. The van der Waals surface area contributed by atoms with Crippen molar-refractivity contribution in [3.05, 3.63) is 108 Å². The first-order valence-electron chi connectivity index (χ1n) is 12.3. The summed E-state index contributed by atoms with van der Waals surface area (Å²) in [6.45, 7) is 13.1. The van der Waals surface area contributed by atoms with Gasteiger partial charge in [0.15, 0.2) is 0 Å². The molecule has 3 aromatic rings. The minimum atomic E-state index is 0.830. The highest BCUT2D eigenvalue weighted by Gasteiger charge is 2.14. The van der Waals surface area contributed by atoms with E-state index in [0.717, 1.165) is 57.9 Å². The lowest BCUT2D eigenvalue weighted by Gasteiger charge is -2.31. The third kappa shape index (κ3) is 6.89. The predicted octanol–water partition coefficient (Wildman–Crippen LogP) is 5.64. The molecule has 0 radical (unpaired) electrons. The summed E-state index contributed by atoms with van der Waals surface area (Å²) in [4.78, 5) is 9.57. The topological polar surface area (TPSA) is 31.4 Å². The number of nitrogens with one attached hydrogen (secondary N) is 1. The van der Waals surface area contributed by atoms with E-state index >= 15 is 0 Å². The van der Waals surface area contributed by atoms with Crippen LogP contribution < -0.4 is 5.32 Å². The number of benzene rings is 2. The van der Waals surface area contributed by atoms with Crippen molar-refractivity contribution in [2.75, 3.05) is 32.7 Å². The fraction of sp³-hybridized carbons (Fsp3) is 0.300. The second-order valence-electron chi connectivity index (χ2n) is 8.95. The molecule has 0 aliphatic carbocycles. The van der Waals surface area contributed by atoms with Gasteiger partial charge in [0.25, 0.3) is 0 Å². The van der Waals surface area contributed by atoms with Crippen LogP contribution in [-0.2, 0) is 13.1 Å². The number of hydrogen-bond acceptors (Lipinski definition) is 4. The lowest BCUT2D eigenvalue weighted by Crippen LogP contribution is -2.39. The van der Waals surface area contributed by atoms with Crippen LogP contribution in [0, 0.1) is 0 Å². The number of nitrogens with zero attached hydrogens (tertiary/aromatic N) is 3. The molecule has 4 rings (SSSR count). The second kappa shape index (κ2) is 12.3. The largest absolute Gasteiger partial charge is 0.370 e. The van der Waals surface area contributed by atoms with Crippen molar-refractivity contribution >= 4 is 16.8 Å². The fourth-order valence-electron chi connectivity index (χ4n) is 4.39. The second-order valence-corrected chi connectivity index (χ2v) is 8.95. The molecule has 0 atom stereocenters. The van der Waals surface area contributed by atoms with E-state index in [9.17, 15) is 0 Å². The van der Waals surface area contributed by atoms with Crippen LogP contribution in [0.15, 0.2) is 91.3 Å². The van der Waals surface area contributed by atoms with E-state index in [1.807, 2.05) is 37.4 Å². The first kappa shape index (κ1) is 23.9. The lowest BCUT2D eigenvalue weighted by atomic mass is 10.1. The molecule has 0 amide bonds. The molecule has 1 aliphatic rings. The molecule has 0 unspecified atom stereocenters. The summed E-state index contributed by atoms with van der Waals surface area (Å²) in [5.41, 5.74) is 4.76. The minimum absolute atomic E-state index is 0.830. The summed E-state index contributed by atoms with van der Waals surface area (Å²) in [7, 11) is 0. The van der Waals surface area contributed by atoms with Gasteiger partial charge < -0.3 is 10.2 Å². The summed E-state index contributed by atoms with van der Waals surface area (Å²) in [6, 6.07) is 19.6. The monoisotopic (exact) mass is 452 g/mol. The van der Waals surface area contributed by atoms with Crippen LogP contribution in [0.2, 0.25) is 0 Å². The van der Waals surface area contributed by atoms with Gasteiger partial charge in [-0.15, -0.1) is 0 Å². The highest BCUT2D eigenvalue weighted by Crippen LogP contribution is 2.19. The zero-order valence-electron chi connectivity index (χ0n) is 20.3. The smallest absolute Gasteiger partial charge is 0.0629 e. The maximum absolute atomic E-state index is 4.60. The van der Waals surface area contributed by atoms with Crippen molar-refractivity contribution in [1.29, 1.82) is 0 Å². The van der Waals surface area contributed by atoms with Crippen LogP contribution in [-0.4, -0.2) is 47.5 Å². The van der Waals surface area contributed by atoms with E-state index in [1.54, 1.807) is 0 Å².